The average Bonchev–Trinajstić information content (AvgIpc) is 3.31. The summed E-state index contributed by atoms with van der Waals surface area (Å²) in [6.07, 6.45) is 1.90. The van der Waals surface area contributed by atoms with E-state index in [9.17, 15) is 9.90 Å². The molecule has 1 fully saturated rings. The van der Waals surface area contributed by atoms with E-state index < -0.39 is 0 Å². The molecule has 0 radical (unpaired) electrons. The van der Waals surface area contributed by atoms with Crippen LogP contribution in [0.2, 0.25) is 0 Å². The monoisotopic (exact) mass is 304 g/mol. The minimum atomic E-state index is -0.316. The number of anilines is 1. The maximum atomic E-state index is 12.5. The molecule has 1 aliphatic carbocycles. The SMILES string of the molecule is CC(C)c1ccccc1NC(=O)C(C)N(C)CC(O)C1CC1. The number of hydrogen-bond acceptors (Lipinski definition) is 3. The molecule has 1 amide bonds. The number of rotatable bonds is 7. The summed E-state index contributed by atoms with van der Waals surface area (Å²) in [5.41, 5.74) is 2.02. The number of nitrogens with zero attached hydrogens (tertiary/aromatic N) is 1. The first-order valence-electron chi connectivity index (χ1n) is 8.18. The lowest BCUT2D eigenvalue weighted by Crippen LogP contribution is -2.43. The van der Waals surface area contributed by atoms with Gasteiger partial charge in [-0.05, 0) is 50.3 Å². The summed E-state index contributed by atoms with van der Waals surface area (Å²) in [6, 6.07) is 7.65. The number of likely N-dealkylation sites (N-methyl/N-ethyl adjacent to an activating group) is 1. The Kier molecular flexibility index (Phi) is 5.59. The maximum Gasteiger partial charge on any atom is 0.241 e. The third kappa shape index (κ3) is 4.31. The highest BCUT2D eigenvalue weighted by atomic mass is 16.3. The summed E-state index contributed by atoms with van der Waals surface area (Å²) >= 11 is 0. The molecule has 0 bridgehead atoms. The Morgan fingerprint density at radius 3 is 2.55 bits per heavy atom. The molecule has 2 unspecified atom stereocenters. The van der Waals surface area contributed by atoms with Crippen molar-refractivity contribution in [2.24, 2.45) is 5.92 Å². The highest BCUT2D eigenvalue weighted by Gasteiger charge is 2.32. The molecule has 0 saturated heterocycles. The van der Waals surface area contributed by atoms with Crippen LogP contribution in [0, 0.1) is 5.92 Å². The molecule has 4 heteroatoms. The third-order valence-electron chi connectivity index (χ3n) is 4.52. The zero-order chi connectivity index (χ0) is 16.3. The van der Waals surface area contributed by atoms with Crippen molar-refractivity contribution in [1.82, 2.24) is 4.90 Å². The van der Waals surface area contributed by atoms with Gasteiger partial charge in [-0.3, -0.25) is 9.69 Å². The van der Waals surface area contributed by atoms with Gasteiger partial charge in [0.05, 0.1) is 12.1 Å². The van der Waals surface area contributed by atoms with Gasteiger partial charge in [-0.15, -0.1) is 0 Å². The normalized spacial score (nSPS) is 17.6. The van der Waals surface area contributed by atoms with Gasteiger partial charge in [-0.25, -0.2) is 0 Å². The van der Waals surface area contributed by atoms with Crippen LogP contribution in [-0.4, -0.2) is 41.7 Å². The van der Waals surface area contributed by atoms with Gasteiger partial charge in [0, 0.05) is 12.2 Å². The van der Waals surface area contributed by atoms with E-state index in [1.54, 1.807) is 0 Å². The number of para-hydroxylation sites is 1. The van der Waals surface area contributed by atoms with E-state index in [2.05, 4.69) is 19.2 Å². The largest absolute Gasteiger partial charge is 0.392 e. The fourth-order valence-electron chi connectivity index (χ4n) is 2.63. The zero-order valence-corrected chi connectivity index (χ0v) is 14.0. The number of benzene rings is 1. The Bertz CT molecular complexity index is 512. The lowest BCUT2D eigenvalue weighted by atomic mass is 10.0. The maximum absolute atomic E-state index is 12.5. The molecular formula is C18H28N2O2. The molecule has 0 aromatic heterocycles. The second-order valence-corrected chi connectivity index (χ2v) is 6.75. The fraction of sp³-hybridized carbons (Fsp3) is 0.611. The number of carbonyl (C=O) groups is 1. The van der Waals surface area contributed by atoms with Crippen molar-refractivity contribution in [1.29, 1.82) is 0 Å². The number of nitrogens with one attached hydrogen (secondary N) is 1. The molecule has 0 spiro atoms. The minimum absolute atomic E-state index is 0.0291. The van der Waals surface area contributed by atoms with E-state index in [-0.39, 0.29) is 18.1 Å². The molecule has 1 aromatic rings. The molecule has 1 aromatic carbocycles. The highest BCUT2D eigenvalue weighted by Crippen LogP contribution is 2.33. The molecule has 2 N–H and O–H groups in total. The molecule has 1 saturated carbocycles. The first kappa shape index (κ1) is 17.0. The van der Waals surface area contributed by atoms with Gasteiger partial charge in [0.25, 0.3) is 0 Å². The molecule has 2 atom stereocenters. The predicted molar refractivity (Wildman–Crippen MR) is 90.0 cm³/mol. The summed E-state index contributed by atoms with van der Waals surface area (Å²) in [6.45, 7) is 6.66. The Balaban J connectivity index is 1.95. The van der Waals surface area contributed by atoms with E-state index in [1.165, 1.54) is 0 Å². The molecule has 2 rings (SSSR count). The van der Waals surface area contributed by atoms with Gasteiger partial charge in [0.15, 0.2) is 0 Å². The van der Waals surface area contributed by atoms with Crippen LogP contribution in [0.4, 0.5) is 5.69 Å². The van der Waals surface area contributed by atoms with Crippen molar-refractivity contribution in [3.8, 4) is 0 Å². The molecule has 0 aliphatic heterocycles. The van der Waals surface area contributed by atoms with Crippen molar-refractivity contribution in [3.63, 3.8) is 0 Å². The molecule has 122 valence electrons. The van der Waals surface area contributed by atoms with E-state index in [1.807, 2.05) is 43.1 Å². The first-order chi connectivity index (χ1) is 10.4. The average molecular weight is 304 g/mol. The molecule has 1 aliphatic rings. The predicted octanol–water partition coefficient (Wildman–Crippen LogP) is 2.84. The van der Waals surface area contributed by atoms with Crippen LogP contribution in [0.3, 0.4) is 0 Å². The quantitative estimate of drug-likeness (QED) is 0.814. The Hall–Kier alpha value is -1.39. The standard InChI is InChI=1S/C18H28N2O2/c1-12(2)15-7-5-6-8-16(15)19-18(22)13(3)20(4)11-17(21)14-9-10-14/h5-8,12-14,17,21H,9-11H2,1-4H3,(H,19,22). The van der Waals surface area contributed by atoms with Crippen molar-refractivity contribution in [3.05, 3.63) is 29.8 Å². The van der Waals surface area contributed by atoms with Crippen molar-refractivity contribution in [2.75, 3.05) is 18.9 Å². The van der Waals surface area contributed by atoms with Gasteiger partial charge < -0.3 is 10.4 Å². The van der Waals surface area contributed by atoms with Gasteiger partial charge >= 0.3 is 0 Å². The van der Waals surface area contributed by atoms with Crippen molar-refractivity contribution >= 4 is 11.6 Å². The van der Waals surface area contributed by atoms with Crippen LogP contribution in [0.25, 0.3) is 0 Å². The minimum Gasteiger partial charge on any atom is -0.392 e. The Morgan fingerprint density at radius 1 is 1.32 bits per heavy atom. The smallest absolute Gasteiger partial charge is 0.241 e. The first-order valence-corrected chi connectivity index (χ1v) is 8.18. The van der Waals surface area contributed by atoms with E-state index in [0.717, 1.165) is 24.1 Å². The van der Waals surface area contributed by atoms with E-state index in [0.29, 0.717) is 18.4 Å². The Labute approximate surface area is 133 Å². The van der Waals surface area contributed by atoms with Gasteiger partial charge in [-0.2, -0.15) is 0 Å². The van der Waals surface area contributed by atoms with Crippen LogP contribution < -0.4 is 5.32 Å². The summed E-state index contributed by atoms with van der Waals surface area (Å²) in [5.74, 6) is 0.763. The van der Waals surface area contributed by atoms with Crippen LogP contribution in [0.5, 0.6) is 0 Å². The van der Waals surface area contributed by atoms with E-state index >= 15 is 0 Å². The zero-order valence-electron chi connectivity index (χ0n) is 14.0. The van der Waals surface area contributed by atoms with Crippen LogP contribution >= 0.6 is 0 Å². The number of hydrogen-bond donors (Lipinski definition) is 2. The number of carbonyl (C=O) groups excluding carboxylic acids is 1. The Morgan fingerprint density at radius 2 is 1.95 bits per heavy atom. The fourth-order valence-corrected chi connectivity index (χ4v) is 2.63. The number of aliphatic hydroxyl groups excluding tert-OH is 1. The van der Waals surface area contributed by atoms with Crippen LogP contribution in [0.15, 0.2) is 24.3 Å². The molecule has 4 nitrogen and oxygen atoms in total. The number of amides is 1. The summed E-state index contributed by atoms with van der Waals surface area (Å²) in [5, 5.41) is 13.1. The third-order valence-corrected chi connectivity index (χ3v) is 4.52. The van der Waals surface area contributed by atoms with Gasteiger partial charge in [0.2, 0.25) is 5.91 Å². The summed E-state index contributed by atoms with van der Waals surface area (Å²) < 4.78 is 0. The molecule has 0 heterocycles. The van der Waals surface area contributed by atoms with Crippen molar-refractivity contribution in [2.45, 2.75) is 51.7 Å². The van der Waals surface area contributed by atoms with Crippen molar-refractivity contribution < 1.29 is 9.90 Å². The molecule has 22 heavy (non-hydrogen) atoms. The van der Waals surface area contributed by atoms with Gasteiger partial charge in [-0.1, -0.05) is 32.0 Å². The van der Waals surface area contributed by atoms with Crippen LogP contribution in [0.1, 0.15) is 45.1 Å². The molecular weight excluding hydrogens is 276 g/mol. The van der Waals surface area contributed by atoms with E-state index in [4.69, 9.17) is 0 Å². The second-order valence-electron chi connectivity index (χ2n) is 6.75. The summed E-state index contributed by atoms with van der Waals surface area (Å²) in [7, 11) is 1.89. The second kappa shape index (κ2) is 7.25. The lowest BCUT2D eigenvalue weighted by Gasteiger charge is -2.26. The topological polar surface area (TPSA) is 52.6 Å². The van der Waals surface area contributed by atoms with Gasteiger partial charge in [0.1, 0.15) is 0 Å². The highest BCUT2D eigenvalue weighted by molar-refractivity contribution is 5.95. The number of aliphatic hydroxyl groups is 1. The summed E-state index contributed by atoms with van der Waals surface area (Å²) in [4.78, 5) is 14.4. The lowest BCUT2D eigenvalue weighted by molar-refractivity contribution is -0.120. The van der Waals surface area contributed by atoms with Crippen LogP contribution in [-0.2, 0) is 4.79 Å².